The molecule has 0 aromatic carbocycles. The van der Waals surface area contributed by atoms with E-state index >= 15 is 0 Å². The Bertz CT molecular complexity index is 289. The predicted octanol–water partition coefficient (Wildman–Crippen LogP) is 3.64. The Kier molecular flexibility index (Phi) is 3.99. The third-order valence-corrected chi connectivity index (χ3v) is 3.07. The molecule has 2 unspecified atom stereocenters. The van der Waals surface area contributed by atoms with Crippen molar-refractivity contribution < 1.29 is 0 Å². The van der Waals surface area contributed by atoms with E-state index in [0.29, 0.717) is 12.0 Å². The van der Waals surface area contributed by atoms with Gasteiger partial charge in [0.05, 0.1) is 6.04 Å². The summed E-state index contributed by atoms with van der Waals surface area (Å²) < 4.78 is 0. The third kappa shape index (κ3) is 2.30. The maximum atomic E-state index is 4.69. The number of nitrogens with zero attached hydrogens (tertiary/aromatic N) is 1. The molecule has 0 amide bonds. The molecule has 1 heterocycles. The predicted molar refractivity (Wildman–Crippen MR) is 67.2 cm³/mol. The fraction of sp³-hybridized carbons (Fsp3) is 0.583. The number of thiol groups is 1. The average Bonchev–Trinajstić information content (AvgIpc) is 2.16. The number of dihydropyridines is 1. The van der Waals surface area contributed by atoms with Gasteiger partial charge in [0.15, 0.2) is 0 Å². The molecule has 14 heavy (non-hydrogen) atoms. The van der Waals surface area contributed by atoms with Crippen LogP contribution in [0.1, 0.15) is 33.6 Å². The minimum atomic E-state index is 0.455. The van der Waals surface area contributed by atoms with Crippen molar-refractivity contribution in [1.29, 1.82) is 0 Å². The van der Waals surface area contributed by atoms with Gasteiger partial charge in [-0.3, -0.25) is 4.99 Å². The molecule has 0 aliphatic carbocycles. The smallest absolute Gasteiger partial charge is 0.0563 e. The fourth-order valence-corrected chi connectivity index (χ4v) is 2.19. The van der Waals surface area contributed by atoms with Crippen LogP contribution in [0.5, 0.6) is 0 Å². The van der Waals surface area contributed by atoms with Crippen LogP contribution >= 0.6 is 12.6 Å². The quantitative estimate of drug-likeness (QED) is 0.681. The normalized spacial score (nSPS) is 26.9. The van der Waals surface area contributed by atoms with E-state index in [9.17, 15) is 0 Å². The molecular formula is C12H19NS. The standard InChI is InChI=1S/C12H19NS/c1-5-10-7-11(9(4)14)8(3)13-12(10)6-2/h7,10,12,14H,4-6H2,1-3H3. The molecule has 0 N–H and O–H groups in total. The molecule has 0 saturated carbocycles. The van der Waals surface area contributed by atoms with Crippen LogP contribution in [0.4, 0.5) is 0 Å². The summed E-state index contributed by atoms with van der Waals surface area (Å²) in [4.78, 5) is 5.53. The van der Waals surface area contributed by atoms with E-state index in [4.69, 9.17) is 4.99 Å². The summed E-state index contributed by atoms with van der Waals surface area (Å²) in [6.07, 6.45) is 4.53. The van der Waals surface area contributed by atoms with Crippen LogP contribution in [-0.2, 0) is 0 Å². The van der Waals surface area contributed by atoms with E-state index in [1.54, 1.807) is 0 Å². The van der Waals surface area contributed by atoms with Gasteiger partial charge < -0.3 is 0 Å². The van der Waals surface area contributed by atoms with Gasteiger partial charge in [-0.15, -0.1) is 12.6 Å². The SMILES string of the molecule is C=C(S)C1=CC(CC)C(CC)N=C1C. The van der Waals surface area contributed by atoms with Gasteiger partial charge in [-0.25, -0.2) is 0 Å². The molecule has 0 aromatic rings. The number of rotatable bonds is 3. The number of hydrogen-bond donors (Lipinski definition) is 1. The molecule has 1 rings (SSSR count). The second-order valence-corrected chi connectivity index (χ2v) is 4.33. The van der Waals surface area contributed by atoms with E-state index in [2.05, 4.69) is 39.1 Å². The Balaban J connectivity index is 2.96. The van der Waals surface area contributed by atoms with Crippen molar-refractivity contribution in [1.82, 2.24) is 0 Å². The summed E-state index contributed by atoms with van der Waals surface area (Å²) >= 11 is 4.30. The first-order valence-electron chi connectivity index (χ1n) is 5.25. The van der Waals surface area contributed by atoms with Crippen molar-refractivity contribution in [3.8, 4) is 0 Å². The lowest BCUT2D eigenvalue weighted by atomic mass is 9.89. The van der Waals surface area contributed by atoms with Crippen LogP contribution < -0.4 is 0 Å². The van der Waals surface area contributed by atoms with Crippen molar-refractivity contribution in [3.63, 3.8) is 0 Å². The van der Waals surface area contributed by atoms with Gasteiger partial charge >= 0.3 is 0 Å². The molecule has 0 saturated heterocycles. The average molecular weight is 209 g/mol. The van der Waals surface area contributed by atoms with Gasteiger partial charge in [0.25, 0.3) is 0 Å². The minimum Gasteiger partial charge on any atom is -0.285 e. The zero-order valence-corrected chi connectivity index (χ0v) is 10.1. The zero-order chi connectivity index (χ0) is 10.7. The largest absolute Gasteiger partial charge is 0.285 e. The first-order chi connectivity index (χ1) is 6.60. The van der Waals surface area contributed by atoms with E-state index < -0.39 is 0 Å². The molecule has 2 atom stereocenters. The first kappa shape index (κ1) is 11.6. The van der Waals surface area contributed by atoms with Gasteiger partial charge in [-0.1, -0.05) is 26.5 Å². The second-order valence-electron chi connectivity index (χ2n) is 3.79. The van der Waals surface area contributed by atoms with Crippen molar-refractivity contribution >= 4 is 18.3 Å². The highest BCUT2D eigenvalue weighted by molar-refractivity contribution is 7.84. The number of allylic oxidation sites excluding steroid dienone is 1. The van der Waals surface area contributed by atoms with Gasteiger partial charge in [0.2, 0.25) is 0 Å². The lowest BCUT2D eigenvalue weighted by Crippen LogP contribution is -2.23. The summed E-state index contributed by atoms with van der Waals surface area (Å²) in [5.74, 6) is 0.558. The molecule has 78 valence electrons. The molecule has 0 bridgehead atoms. The highest BCUT2D eigenvalue weighted by atomic mass is 32.1. The molecule has 1 aliphatic rings. The monoisotopic (exact) mass is 209 g/mol. The van der Waals surface area contributed by atoms with Gasteiger partial charge in [0, 0.05) is 16.2 Å². The van der Waals surface area contributed by atoms with Crippen molar-refractivity contribution in [2.24, 2.45) is 10.9 Å². The lowest BCUT2D eigenvalue weighted by Gasteiger charge is -2.26. The molecule has 0 spiro atoms. The summed E-state index contributed by atoms with van der Waals surface area (Å²) in [6.45, 7) is 10.3. The number of aliphatic imine (C=N–C) groups is 1. The van der Waals surface area contributed by atoms with E-state index in [1.807, 2.05) is 6.92 Å². The minimum absolute atomic E-state index is 0.455. The topological polar surface area (TPSA) is 12.4 Å². The highest BCUT2D eigenvalue weighted by Crippen LogP contribution is 2.28. The summed E-state index contributed by atoms with van der Waals surface area (Å²) in [6, 6.07) is 0.455. The van der Waals surface area contributed by atoms with Gasteiger partial charge in [0.1, 0.15) is 0 Å². The molecular weight excluding hydrogens is 190 g/mol. The number of hydrogen-bond acceptors (Lipinski definition) is 2. The van der Waals surface area contributed by atoms with Gasteiger partial charge in [-0.05, 0) is 25.7 Å². The van der Waals surface area contributed by atoms with Crippen LogP contribution in [0.3, 0.4) is 0 Å². The zero-order valence-electron chi connectivity index (χ0n) is 9.25. The lowest BCUT2D eigenvalue weighted by molar-refractivity contribution is 0.472. The maximum Gasteiger partial charge on any atom is 0.0563 e. The first-order valence-corrected chi connectivity index (χ1v) is 5.69. The third-order valence-electron chi connectivity index (χ3n) is 2.82. The Labute approximate surface area is 92.4 Å². The second kappa shape index (κ2) is 4.83. The summed E-state index contributed by atoms with van der Waals surface area (Å²) in [5, 5.41) is 0. The van der Waals surface area contributed by atoms with E-state index in [0.717, 1.165) is 29.0 Å². The maximum absolute atomic E-state index is 4.69. The molecule has 0 aromatic heterocycles. The Morgan fingerprint density at radius 1 is 1.50 bits per heavy atom. The van der Waals surface area contributed by atoms with Crippen molar-refractivity contribution in [3.05, 3.63) is 23.1 Å². The van der Waals surface area contributed by atoms with Gasteiger partial charge in [-0.2, -0.15) is 0 Å². The van der Waals surface area contributed by atoms with Crippen LogP contribution in [0.2, 0.25) is 0 Å². The Hall–Kier alpha value is -0.500. The molecule has 1 aliphatic heterocycles. The van der Waals surface area contributed by atoms with Crippen LogP contribution in [0.25, 0.3) is 0 Å². The van der Waals surface area contributed by atoms with Crippen molar-refractivity contribution in [2.45, 2.75) is 39.7 Å². The summed E-state index contributed by atoms with van der Waals surface area (Å²) in [7, 11) is 0. The molecule has 0 fully saturated rings. The molecule has 0 radical (unpaired) electrons. The van der Waals surface area contributed by atoms with Crippen LogP contribution in [0.15, 0.2) is 28.1 Å². The van der Waals surface area contributed by atoms with Crippen molar-refractivity contribution in [2.75, 3.05) is 0 Å². The van der Waals surface area contributed by atoms with Crippen LogP contribution in [-0.4, -0.2) is 11.8 Å². The Morgan fingerprint density at radius 3 is 2.57 bits per heavy atom. The molecule has 2 heteroatoms. The fourth-order valence-electron chi connectivity index (χ4n) is 1.95. The van der Waals surface area contributed by atoms with Crippen LogP contribution in [0, 0.1) is 5.92 Å². The van der Waals surface area contributed by atoms with E-state index in [-0.39, 0.29) is 0 Å². The van der Waals surface area contributed by atoms with E-state index in [1.165, 1.54) is 0 Å². The highest BCUT2D eigenvalue weighted by Gasteiger charge is 2.22. The molecule has 1 nitrogen and oxygen atoms in total. The summed E-state index contributed by atoms with van der Waals surface area (Å²) in [5.41, 5.74) is 2.21. The Morgan fingerprint density at radius 2 is 2.14 bits per heavy atom.